The number of likely N-dealkylation sites (N-methyl/N-ethyl adjacent to an activating group) is 1. The number of hydrogen-bond acceptors (Lipinski definition) is 6. The van der Waals surface area contributed by atoms with Crippen LogP contribution in [-0.4, -0.2) is 140 Å². The summed E-state index contributed by atoms with van der Waals surface area (Å²) in [5.41, 5.74) is 0. The van der Waals surface area contributed by atoms with E-state index in [9.17, 15) is 31.1 Å². The molecule has 3 fully saturated rings. The van der Waals surface area contributed by atoms with Gasteiger partial charge < -0.3 is 29.6 Å². The average Bonchev–Trinajstić information content (AvgIpc) is 3.16. The van der Waals surface area contributed by atoms with Gasteiger partial charge in [-0.25, -0.2) is 14.4 Å². The zero-order valence-electron chi connectivity index (χ0n) is 20.2. The van der Waals surface area contributed by atoms with Gasteiger partial charge in [0, 0.05) is 65.8 Å². The van der Waals surface area contributed by atoms with Crippen LogP contribution in [0.15, 0.2) is 0 Å². The third-order valence-electron chi connectivity index (χ3n) is 5.98. The van der Waals surface area contributed by atoms with Crippen molar-refractivity contribution in [1.82, 2.24) is 19.6 Å². The van der Waals surface area contributed by atoms with Crippen molar-refractivity contribution in [2.24, 2.45) is 11.8 Å². The van der Waals surface area contributed by atoms with Crippen molar-refractivity contribution in [2.75, 3.05) is 73.6 Å². The summed E-state index contributed by atoms with van der Waals surface area (Å²) in [4.78, 5) is 38.6. The fraction of sp³-hybridized carbons (Fsp3) is 0.850. The van der Waals surface area contributed by atoms with E-state index < -0.39 is 24.3 Å². The minimum atomic E-state index is -5.08. The molecule has 0 aliphatic carbocycles. The first-order valence-electron chi connectivity index (χ1n) is 11.0. The van der Waals surface area contributed by atoms with Gasteiger partial charge in [-0.2, -0.15) is 26.3 Å². The highest BCUT2D eigenvalue weighted by Crippen LogP contribution is 2.35. The van der Waals surface area contributed by atoms with Crippen LogP contribution in [0.3, 0.4) is 0 Å². The van der Waals surface area contributed by atoms with Gasteiger partial charge in [-0.1, -0.05) is 0 Å². The van der Waals surface area contributed by atoms with E-state index in [0.717, 1.165) is 58.8 Å². The largest absolute Gasteiger partial charge is 0.490 e. The fourth-order valence-electron chi connectivity index (χ4n) is 3.96. The van der Waals surface area contributed by atoms with E-state index in [1.165, 1.54) is 0 Å². The van der Waals surface area contributed by atoms with Crippen molar-refractivity contribution in [2.45, 2.75) is 24.9 Å². The molecule has 0 aromatic rings. The van der Waals surface area contributed by atoms with Crippen LogP contribution in [-0.2, 0) is 14.3 Å². The number of likely N-dealkylation sites (tertiary alicyclic amines) is 1. The minimum Gasteiger partial charge on any atom is -0.475 e. The lowest BCUT2D eigenvalue weighted by molar-refractivity contribution is -0.193. The summed E-state index contributed by atoms with van der Waals surface area (Å²) < 4.78 is 69.6. The van der Waals surface area contributed by atoms with Crippen LogP contribution in [0.2, 0.25) is 0 Å². The van der Waals surface area contributed by atoms with Crippen LogP contribution in [0.5, 0.6) is 0 Å². The number of carbonyl (C=O) groups is 3. The van der Waals surface area contributed by atoms with Gasteiger partial charge in [0.05, 0.1) is 12.7 Å². The number of hydrogen-bond donors (Lipinski definition) is 2. The summed E-state index contributed by atoms with van der Waals surface area (Å²) in [6.07, 6.45) is -8.78. The number of alkyl halides is 6. The highest BCUT2D eigenvalue weighted by Gasteiger charge is 2.43. The number of carbonyl (C=O) groups excluding carboxylic acids is 1. The van der Waals surface area contributed by atoms with Crippen LogP contribution in [0.1, 0.15) is 6.42 Å². The lowest BCUT2D eigenvalue weighted by Crippen LogP contribution is -2.52. The number of piperidine rings is 1. The molecule has 10 nitrogen and oxygen atoms in total. The van der Waals surface area contributed by atoms with Crippen molar-refractivity contribution in [3.8, 4) is 0 Å². The molecular weight excluding hydrogens is 506 g/mol. The van der Waals surface area contributed by atoms with E-state index >= 15 is 0 Å². The Balaban J connectivity index is 0.000000383. The van der Waals surface area contributed by atoms with Gasteiger partial charge in [0.15, 0.2) is 0 Å². The van der Waals surface area contributed by atoms with Gasteiger partial charge in [0.2, 0.25) is 0 Å². The normalized spacial score (nSPS) is 25.0. The van der Waals surface area contributed by atoms with Crippen molar-refractivity contribution in [1.29, 1.82) is 0 Å². The lowest BCUT2D eigenvalue weighted by Gasteiger charge is -2.39. The van der Waals surface area contributed by atoms with Gasteiger partial charge in [0.25, 0.3) is 0 Å². The summed E-state index contributed by atoms with van der Waals surface area (Å²) in [5, 5.41) is 14.2. The Kier molecular flexibility index (Phi) is 11.7. The standard InChI is InChI=1S/C16H30N4O2.2C2HF3O2/c1-17(2)16(21)20-5-4-13-12-22-15(14(13)10-20)11-19-8-6-18(3)7-9-19;2*3-2(4,5)1(6)7/h13-15H,4-12H2,1-3H3;2*(H,6,7)/t13-,14-,15+;;/m0../s1. The van der Waals surface area contributed by atoms with Crippen molar-refractivity contribution >= 4 is 18.0 Å². The summed E-state index contributed by atoms with van der Waals surface area (Å²) >= 11 is 0. The molecule has 3 aliphatic rings. The third-order valence-corrected chi connectivity index (χ3v) is 5.98. The van der Waals surface area contributed by atoms with Gasteiger partial charge >= 0.3 is 30.3 Å². The van der Waals surface area contributed by atoms with Crippen molar-refractivity contribution in [3.05, 3.63) is 0 Å². The number of fused-ring (bicyclic) bond motifs is 1. The highest BCUT2D eigenvalue weighted by atomic mass is 19.4. The van der Waals surface area contributed by atoms with Gasteiger partial charge in [-0.3, -0.25) is 4.90 Å². The molecule has 2 amide bonds. The summed E-state index contributed by atoms with van der Waals surface area (Å²) in [6.45, 7) is 8.20. The number of ether oxygens (including phenoxy) is 1. The third kappa shape index (κ3) is 10.3. The Morgan fingerprint density at radius 1 is 0.917 bits per heavy atom. The molecule has 210 valence electrons. The number of carboxylic acids is 2. The predicted octanol–water partition coefficient (Wildman–Crippen LogP) is 1.52. The summed E-state index contributed by atoms with van der Waals surface area (Å²) in [7, 11) is 5.86. The molecule has 0 radical (unpaired) electrons. The molecule has 3 heterocycles. The number of aliphatic carboxylic acids is 2. The van der Waals surface area contributed by atoms with E-state index in [1.807, 2.05) is 19.0 Å². The molecule has 3 atom stereocenters. The number of amides is 2. The van der Waals surface area contributed by atoms with Crippen LogP contribution in [0.4, 0.5) is 31.1 Å². The maximum atomic E-state index is 12.2. The molecule has 0 unspecified atom stereocenters. The minimum absolute atomic E-state index is 0.142. The molecule has 36 heavy (non-hydrogen) atoms. The zero-order valence-corrected chi connectivity index (χ0v) is 20.2. The number of nitrogens with zero attached hydrogens (tertiary/aromatic N) is 4. The molecule has 3 rings (SSSR count). The van der Waals surface area contributed by atoms with Crippen LogP contribution >= 0.6 is 0 Å². The predicted molar refractivity (Wildman–Crippen MR) is 113 cm³/mol. The second-order valence-electron chi connectivity index (χ2n) is 8.92. The molecule has 0 aromatic heterocycles. The fourth-order valence-corrected chi connectivity index (χ4v) is 3.96. The van der Waals surface area contributed by atoms with Crippen LogP contribution in [0.25, 0.3) is 0 Å². The maximum absolute atomic E-state index is 12.2. The zero-order chi connectivity index (χ0) is 27.8. The van der Waals surface area contributed by atoms with E-state index in [4.69, 9.17) is 24.5 Å². The number of carboxylic acid groups (broad SMARTS) is 2. The smallest absolute Gasteiger partial charge is 0.475 e. The first kappa shape index (κ1) is 31.7. The molecule has 0 aromatic carbocycles. The summed E-state index contributed by atoms with van der Waals surface area (Å²) in [6, 6.07) is 0.142. The monoisotopic (exact) mass is 538 g/mol. The molecule has 0 saturated carbocycles. The average molecular weight is 538 g/mol. The molecule has 0 spiro atoms. The first-order valence-corrected chi connectivity index (χ1v) is 11.0. The van der Waals surface area contributed by atoms with Crippen molar-refractivity contribution in [3.63, 3.8) is 0 Å². The number of rotatable bonds is 2. The molecular formula is C20H32F6N4O6. The van der Waals surface area contributed by atoms with Crippen molar-refractivity contribution < 1.29 is 55.7 Å². The Morgan fingerprint density at radius 2 is 1.39 bits per heavy atom. The highest BCUT2D eigenvalue weighted by molar-refractivity contribution is 5.74. The quantitative estimate of drug-likeness (QED) is 0.509. The first-order chi connectivity index (χ1) is 16.4. The second-order valence-corrected chi connectivity index (χ2v) is 8.92. The number of piperazine rings is 1. The molecule has 0 bridgehead atoms. The Bertz CT molecular complexity index is 719. The Labute approximate surface area is 204 Å². The molecule has 2 N–H and O–H groups in total. The van der Waals surface area contributed by atoms with Gasteiger partial charge in [-0.15, -0.1) is 0 Å². The van der Waals surface area contributed by atoms with E-state index in [1.54, 1.807) is 4.90 Å². The lowest BCUT2D eigenvalue weighted by atomic mass is 9.84. The Morgan fingerprint density at radius 3 is 1.81 bits per heavy atom. The second kappa shape index (κ2) is 13.3. The van der Waals surface area contributed by atoms with Gasteiger partial charge in [0.1, 0.15) is 0 Å². The van der Waals surface area contributed by atoms with E-state index in [2.05, 4.69) is 16.8 Å². The molecule has 16 heteroatoms. The van der Waals surface area contributed by atoms with E-state index in [0.29, 0.717) is 17.9 Å². The maximum Gasteiger partial charge on any atom is 0.490 e. The number of halogens is 6. The van der Waals surface area contributed by atoms with E-state index in [-0.39, 0.29) is 6.03 Å². The van der Waals surface area contributed by atoms with Crippen LogP contribution in [0, 0.1) is 11.8 Å². The van der Waals surface area contributed by atoms with Gasteiger partial charge in [-0.05, 0) is 19.4 Å². The Hall–Kier alpha value is -2.33. The summed E-state index contributed by atoms with van der Waals surface area (Å²) in [5.74, 6) is -4.36. The SMILES string of the molecule is CN1CCN(C[C@H]2OC[C@@H]3CCN(C(=O)N(C)C)C[C@@H]32)CC1.O=C(O)C(F)(F)F.O=C(O)C(F)(F)F. The topological polar surface area (TPSA) is 114 Å². The molecule has 3 saturated heterocycles. The molecule has 3 aliphatic heterocycles. The number of urea groups is 1. The van der Waals surface area contributed by atoms with Crippen LogP contribution < -0.4 is 0 Å².